The zero-order chi connectivity index (χ0) is 15.9. The Morgan fingerprint density at radius 1 is 1.32 bits per heavy atom. The SMILES string of the molecule is CC(C)c1cccc(OCC(=O)NCC(O)c2ccsc2)c1. The Hall–Kier alpha value is -1.85. The van der Waals surface area contributed by atoms with Crippen molar-refractivity contribution in [2.24, 2.45) is 0 Å². The first-order chi connectivity index (χ1) is 10.6. The monoisotopic (exact) mass is 319 g/mol. The van der Waals surface area contributed by atoms with Crippen molar-refractivity contribution in [2.75, 3.05) is 13.2 Å². The van der Waals surface area contributed by atoms with E-state index in [1.807, 2.05) is 41.1 Å². The van der Waals surface area contributed by atoms with Gasteiger partial charge in [0.2, 0.25) is 0 Å². The molecule has 0 aliphatic heterocycles. The number of hydrogen-bond acceptors (Lipinski definition) is 4. The number of benzene rings is 1. The highest BCUT2D eigenvalue weighted by atomic mass is 32.1. The molecule has 1 aromatic heterocycles. The summed E-state index contributed by atoms with van der Waals surface area (Å²) in [5, 5.41) is 16.3. The second kappa shape index (κ2) is 7.96. The lowest BCUT2D eigenvalue weighted by Gasteiger charge is -2.12. The van der Waals surface area contributed by atoms with Crippen LogP contribution in [-0.2, 0) is 4.79 Å². The summed E-state index contributed by atoms with van der Waals surface area (Å²) in [5.74, 6) is 0.849. The molecule has 2 N–H and O–H groups in total. The number of aliphatic hydroxyl groups is 1. The molecule has 1 amide bonds. The predicted molar refractivity (Wildman–Crippen MR) is 88.3 cm³/mol. The van der Waals surface area contributed by atoms with Crippen molar-refractivity contribution in [1.29, 1.82) is 0 Å². The second-order valence-electron chi connectivity index (χ2n) is 5.39. The van der Waals surface area contributed by atoms with Crippen LogP contribution in [0.2, 0.25) is 0 Å². The maximum atomic E-state index is 11.8. The third-order valence-corrected chi connectivity index (χ3v) is 4.02. The van der Waals surface area contributed by atoms with Gasteiger partial charge in [0.1, 0.15) is 5.75 Å². The molecule has 1 unspecified atom stereocenters. The zero-order valence-electron chi connectivity index (χ0n) is 12.8. The van der Waals surface area contributed by atoms with Crippen LogP contribution in [0.5, 0.6) is 5.75 Å². The van der Waals surface area contributed by atoms with Crippen LogP contribution in [0.4, 0.5) is 0 Å². The van der Waals surface area contributed by atoms with Gasteiger partial charge in [-0.25, -0.2) is 0 Å². The summed E-state index contributed by atoms with van der Waals surface area (Å²) in [6.45, 7) is 4.35. The van der Waals surface area contributed by atoms with Crippen molar-refractivity contribution < 1.29 is 14.6 Å². The van der Waals surface area contributed by atoms with Crippen LogP contribution in [0, 0.1) is 0 Å². The highest BCUT2D eigenvalue weighted by molar-refractivity contribution is 7.07. The van der Waals surface area contributed by atoms with E-state index in [0.29, 0.717) is 11.7 Å². The molecule has 0 bridgehead atoms. The van der Waals surface area contributed by atoms with E-state index < -0.39 is 6.10 Å². The molecular formula is C17H21NO3S. The summed E-state index contributed by atoms with van der Waals surface area (Å²) in [6.07, 6.45) is -0.681. The standard InChI is InChI=1S/C17H21NO3S/c1-12(2)13-4-3-5-15(8-13)21-10-17(20)18-9-16(19)14-6-7-22-11-14/h3-8,11-12,16,19H,9-10H2,1-2H3,(H,18,20). The van der Waals surface area contributed by atoms with Gasteiger partial charge in [-0.3, -0.25) is 4.79 Å². The number of amides is 1. The normalized spacial score (nSPS) is 12.2. The number of carbonyl (C=O) groups excluding carboxylic acids is 1. The van der Waals surface area contributed by atoms with Gasteiger partial charge in [0.25, 0.3) is 5.91 Å². The maximum absolute atomic E-state index is 11.8. The molecule has 4 nitrogen and oxygen atoms in total. The first kappa shape index (κ1) is 16.5. The minimum absolute atomic E-state index is 0.0576. The summed E-state index contributed by atoms with van der Waals surface area (Å²) in [7, 11) is 0. The lowest BCUT2D eigenvalue weighted by molar-refractivity contribution is -0.123. The fourth-order valence-electron chi connectivity index (χ4n) is 1.96. The molecular weight excluding hydrogens is 298 g/mol. The Morgan fingerprint density at radius 2 is 2.14 bits per heavy atom. The molecule has 1 aromatic carbocycles. The van der Waals surface area contributed by atoms with E-state index in [2.05, 4.69) is 19.2 Å². The smallest absolute Gasteiger partial charge is 0.258 e. The van der Waals surface area contributed by atoms with Crippen LogP contribution in [0.3, 0.4) is 0 Å². The van der Waals surface area contributed by atoms with Crippen molar-refractivity contribution in [3.8, 4) is 5.75 Å². The Balaban J connectivity index is 1.77. The summed E-state index contributed by atoms with van der Waals surface area (Å²) < 4.78 is 5.49. The molecule has 118 valence electrons. The van der Waals surface area contributed by atoms with E-state index in [1.165, 1.54) is 16.9 Å². The van der Waals surface area contributed by atoms with Crippen molar-refractivity contribution in [3.63, 3.8) is 0 Å². The maximum Gasteiger partial charge on any atom is 0.258 e. The third-order valence-electron chi connectivity index (χ3n) is 3.32. The first-order valence-electron chi connectivity index (χ1n) is 7.26. The minimum atomic E-state index is -0.681. The summed E-state index contributed by atoms with van der Waals surface area (Å²) in [5.41, 5.74) is 1.99. The van der Waals surface area contributed by atoms with Gasteiger partial charge in [-0.15, -0.1) is 0 Å². The van der Waals surface area contributed by atoms with Gasteiger partial charge in [0.15, 0.2) is 6.61 Å². The number of nitrogens with one attached hydrogen (secondary N) is 1. The molecule has 0 saturated carbocycles. The zero-order valence-corrected chi connectivity index (χ0v) is 13.6. The van der Waals surface area contributed by atoms with E-state index in [-0.39, 0.29) is 19.1 Å². The molecule has 1 atom stereocenters. The molecule has 2 rings (SSSR count). The molecule has 0 saturated heterocycles. The van der Waals surface area contributed by atoms with Crippen molar-refractivity contribution >= 4 is 17.2 Å². The molecule has 2 aromatic rings. The molecule has 5 heteroatoms. The van der Waals surface area contributed by atoms with Gasteiger partial charge in [-0.05, 0) is 46.0 Å². The number of hydrogen-bond donors (Lipinski definition) is 2. The van der Waals surface area contributed by atoms with E-state index in [9.17, 15) is 9.90 Å². The summed E-state index contributed by atoms with van der Waals surface area (Å²) in [4.78, 5) is 11.8. The number of aliphatic hydroxyl groups excluding tert-OH is 1. The highest BCUT2D eigenvalue weighted by Gasteiger charge is 2.10. The van der Waals surface area contributed by atoms with E-state index in [4.69, 9.17) is 4.74 Å². The Bertz CT molecular complexity index is 596. The van der Waals surface area contributed by atoms with Crippen LogP contribution in [0.1, 0.15) is 37.0 Å². The average Bonchev–Trinajstić information content (AvgIpc) is 3.05. The van der Waals surface area contributed by atoms with E-state index in [0.717, 1.165) is 5.56 Å². The Morgan fingerprint density at radius 3 is 2.82 bits per heavy atom. The van der Waals surface area contributed by atoms with Crippen molar-refractivity contribution in [2.45, 2.75) is 25.9 Å². The molecule has 22 heavy (non-hydrogen) atoms. The van der Waals surface area contributed by atoms with Crippen LogP contribution in [0.25, 0.3) is 0 Å². The fourth-order valence-corrected chi connectivity index (χ4v) is 2.66. The average molecular weight is 319 g/mol. The summed E-state index contributed by atoms with van der Waals surface area (Å²) >= 11 is 1.52. The highest BCUT2D eigenvalue weighted by Crippen LogP contribution is 2.20. The van der Waals surface area contributed by atoms with Crippen LogP contribution < -0.4 is 10.1 Å². The van der Waals surface area contributed by atoms with Crippen LogP contribution in [-0.4, -0.2) is 24.2 Å². The quantitative estimate of drug-likeness (QED) is 0.824. The summed E-state index contributed by atoms with van der Waals surface area (Å²) in [6, 6.07) is 9.57. The molecule has 0 radical (unpaired) electrons. The Labute approximate surface area is 134 Å². The van der Waals surface area contributed by atoms with Crippen molar-refractivity contribution in [1.82, 2.24) is 5.32 Å². The molecule has 0 aliphatic rings. The van der Waals surface area contributed by atoms with Gasteiger partial charge < -0.3 is 15.2 Å². The number of ether oxygens (including phenoxy) is 1. The Kier molecular flexibility index (Phi) is 5.98. The van der Waals surface area contributed by atoms with Gasteiger partial charge >= 0.3 is 0 Å². The largest absolute Gasteiger partial charge is 0.484 e. The topological polar surface area (TPSA) is 58.6 Å². The predicted octanol–water partition coefficient (Wildman–Crippen LogP) is 3.10. The fraction of sp³-hybridized carbons (Fsp3) is 0.353. The van der Waals surface area contributed by atoms with Crippen LogP contribution in [0.15, 0.2) is 41.1 Å². The van der Waals surface area contributed by atoms with E-state index in [1.54, 1.807) is 0 Å². The molecule has 1 heterocycles. The minimum Gasteiger partial charge on any atom is -0.484 e. The first-order valence-corrected chi connectivity index (χ1v) is 8.20. The van der Waals surface area contributed by atoms with Crippen LogP contribution >= 0.6 is 11.3 Å². The van der Waals surface area contributed by atoms with Crippen molar-refractivity contribution in [3.05, 3.63) is 52.2 Å². The molecule has 0 fully saturated rings. The lowest BCUT2D eigenvalue weighted by Crippen LogP contribution is -2.32. The van der Waals surface area contributed by atoms with Gasteiger partial charge in [0, 0.05) is 6.54 Å². The molecule has 0 spiro atoms. The van der Waals surface area contributed by atoms with E-state index >= 15 is 0 Å². The van der Waals surface area contributed by atoms with Gasteiger partial charge in [-0.1, -0.05) is 26.0 Å². The van der Waals surface area contributed by atoms with Gasteiger partial charge in [-0.2, -0.15) is 11.3 Å². The van der Waals surface area contributed by atoms with Gasteiger partial charge in [0.05, 0.1) is 6.10 Å². The number of carbonyl (C=O) groups is 1. The second-order valence-corrected chi connectivity index (χ2v) is 6.17. The lowest BCUT2D eigenvalue weighted by atomic mass is 10.0. The third kappa shape index (κ3) is 4.86. The molecule has 0 aliphatic carbocycles. The number of thiophene rings is 1. The number of rotatable bonds is 7.